The molecule has 2 saturated carbocycles. The fourth-order valence-electron chi connectivity index (χ4n) is 4.21. The lowest BCUT2D eigenvalue weighted by Crippen LogP contribution is -2.45. The van der Waals surface area contributed by atoms with Gasteiger partial charge in [0.15, 0.2) is 0 Å². The number of carbonyl (C=O) groups is 1. The van der Waals surface area contributed by atoms with Gasteiger partial charge in [-0.25, -0.2) is 0 Å². The maximum absolute atomic E-state index is 12.5. The quantitative estimate of drug-likeness (QED) is 0.790. The molecule has 2 aliphatic carbocycles. The van der Waals surface area contributed by atoms with E-state index in [2.05, 4.69) is 52.4 Å². The van der Waals surface area contributed by atoms with Gasteiger partial charge in [-0.05, 0) is 63.0 Å². The van der Waals surface area contributed by atoms with Crippen molar-refractivity contribution in [3.63, 3.8) is 0 Å². The summed E-state index contributed by atoms with van der Waals surface area (Å²) in [5.74, 6) is 1.62. The number of para-hydroxylation sites is 1. The van der Waals surface area contributed by atoms with E-state index >= 15 is 0 Å². The first-order valence-electron chi connectivity index (χ1n) is 10.0. The van der Waals surface area contributed by atoms with Crippen LogP contribution in [0.1, 0.15) is 39.0 Å². The second kappa shape index (κ2) is 7.36. The summed E-state index contributed by atoms with van der Waals surface area (Å²) < 4.78 is 0. The Bertz CT molecular complexity index is 582. The van der Waals surface area contributed by atoms with E-state index in [1.54, 1.807) is 0 Å². The van der Waals surface area contributed by atoms with Crippen molar-refractivity contribution in [3.8, 4) is 0 Å². The number of nitrogens with one attached hydrogen (secondary N) is 1. The average Bonchev–Trinajstić information content (AvgIpc) is 3.56. The van der Waals surface area contributed by atoms with E-state index in [-0.39, 0.29) is 5.91 Å². The molecule has 136 valence electrons. The van der Waals surface area contributed by atoms with Gasteiger partial charge in [0.2, 0.25) is 5.91 Å². The molecule has 1 amide bonds. The molecule has 3 aliphatic rings. The number of benzene rings is 1. The van der Waals surface area contributed by atoms with Crippen LogP contribution in [0.3, 0.4) is 0 Å². The molecular weight excluding hydrogens is 310 g/mol. The normalized spacial score (nSPS) is 24.6. The van der Waals surface area contributed by atoms with Gasteiger partial charge < -0.3 is 10.2 Å². The van der Waals surface area contributed by atoms with Gasteiger partial charge in [-0.15, -0.1) is 0 Å². The lowest BCUT2D eigenvalue weighted by Gasteiger charge is -2.28. The predicted octanol–water partition coefficient (Wildman–Crippen LogP) is 2.89. The van der Waals surface area contributed by atoms with Crippen molar-refractivity contribution in [3.05, 3.63) is 30.3 Å². The molecule has 1 N–H and O–H groups in total. The van der Waals surface area contributed by atoms with E-state index in [0.29, 0.717) is 24.5 Å². The van der Waals surface area contributed by atoms with E-state index in [1.807, 2.05) is 0 Å². The zero-order valence-electron chi connectivity index (χ0n) is 15.4. The summed E-state index contributed by atoms with van der Waals surface area (Å²) in [5, 5.41) is 3.22. The van der Waals surface area contributed by atoms with Gasteiger partial charge >= 0.3 is 0 Å². The van der Waals surface area contributed by atoms with E-state index in [4.69, 9.17) is 0 Å². The van der Waals surface area contributed by atoms with Crippen molar-refractivity contribution in [2.45, 2.75) is 51.1 Å². The van der Waals surface area contributed by atoms with Gasteiger partial charge in [-0.3, -0.25) is 9.69 Å². The number of hydrogen-bond acceptors (Lipinski definition) is 3. The minimum Gasteiger partial charge on any atom is -0.371 e. The van der Waals surface area contributed by atoms with Crippen molar-refractivity contribution in [1.29, 1.82) is 0 Å². The van der Waals surface area contributed by atoms with Crippen LogP contribution >= 0.6 is 0 Å². The summed E-state index contributed by atoms with van der Waals surface area (Å²) in [7, 11) is 0. The fraction of sp³-hybridized carbons (Fsp3) is 0.667. The highest BCUT2D eigenvalue weighted by Crippen LogP contribution is 2.39. The molecule has 1 aliphatic heterocycles. The highest BCUT2D eigenvalue weighted by Gasteiger charge is 2.39. The Balaban J connectivity index is 1.22. The monoisotopic (exact) mass is 341 g/mol. The van der Waals surface area contributed by atoms with E-state index in [0.717, 1.165) is 25.6 Å². The average molecular weight is 341 g/mol. The lowest BCUT2D eigenvalue weighted by atomic mass is 10.1. The number of amides is 1. The highest BCUT2D eigenvalue weighted by molar-refractivity contribution is 5.78. The van der Waals surface area contributed by atoms with Crippen LogP contribution in [0.25, 0.3) is 0 Å². The van der Waals surface area contributed by atoms with Gasteiger partial charge in [-0.1, -0.05) is 18.2 Å². The molecule has 0 spiro atoms. The molecule has 1 aromatic carbocycles. The van der Waals surface area contributed by atoms with Crippen molar-refractivity contribution in [1.82, 2.24) is 10.2 Å². The molecule has 4 heteroatoms. The third-order valence-electron chi connectivity index (χ3n) is 6.16. The number of carbonyl (C=O) groups excluding carboxylic acids is 1. The molecule has 0 aromatic heterocycles. The Labute approximate surface area is 151 Å². The summed E-state index contributed by atoms with van der Waals surface area (Å²) in [4.78, 5) is 17.4. The van der Waals surface area contributed by atoms with Crippen molar-refractivity contribution < 1.29 is 4.79 Å². The molecular formula is C21H31N3O. The molecule has 0 bridgehead atoms. The van der Waals surface area contributed by atoms with Crippen LogP contribution in [-0.4, -0.2) is 49.1 Å². The molecule has 4 nitrogen and oxygen atoms in total. The summed E-state index contributed by atoms with van der Waals surface area (Å²) in [6, 6.07) is 11.8. The van der Waals surface area contributed by atoms with Crippen LogP contribution in [0.5, 0.6) is 0 Å². The molecule has 25 heavy (non-hydrogen) atoms. The van der Waals surface area contributed by atoms with Crippen molar-refractivity contribution >= 4 is 11.6 Å². The Hall–Kier alpha value is -1.55. The summed E-state index contributed by atoms with van der Waals surface area (Å²) in [5.41, 5.74) is 1.30. The minimum atomic E-state index is 0.220. The van der Waals surface area contributed by atoms with Crippen molar-refractivity contribution in [2.75, 3.05) is 31.1 Å². The predicted molar refractivity (Wildman–Crippen MR) is 102 cm³/mol. The Kier molecular flexibility index (Phi) is 4.98. The Morgan fingerprint density at radius 1 is 1.20 bits per heavy atom. The Morgan fingerprint density at radius 3 is 2.64 bits per heavy atom. The molecule has 0 radical (unpaired) electrons. The lowest BCUT2D eigenvalue weighted by molar-refractivity contribution is -0.123. The van der Waals surface area contributed by atoms with Crippen molar-refractivity contribution in [2.24, 2.45) is 11.8 Å². The van der Waals surface area contributed by atoms with Crippen LogP contribution < -0.4 is 10.2 Å². The maximum Gasteiger partial charge on any atom is 0.234 e. The van der Waals surface area contributed by atoms with Crippen LogP contribution in [0.4, 0.5) is 5.69 Å². The highest BCUT2D eigenvalue weighted by atomic mass is 16.2. The van der Waals surface area contributed by atoms with Crippen LogP contribution in [0.15, 0.2) is 30.3 Å². The van der Waals surface area contributed by atoms with Gasteiger partial charge in [0.25, 0.3) is 0 Å². The Morgan fingerprint density at radius 2 is 1.96 bits per heavy atom. The number of hydrogen-bond donors (Lipinski definition) is 1. The summed E-state index contributed by atoms with van der Waals surface area (Å²) in [6.07, 6.45) is 6.42. The maximum atomic E-state index is 12.5. The summed E-state index contributed by atoms with van der Waals surface area (Å²) in [6.45, 7) is 5.88. The molecule has 1 saturated heterocycles. The third kappa shape index (κ3) is 4.35. The number of nitrogens with zero attached hydrogens (tertiary/aromatic N) is 2. The molecule has 4 rings (SSSR count). The largest absolute Gasteiger partial charge is 0.371 e. The van der Waals surface area contributed by atoms with Gasteiger partial charge in [0.05, 0.1) is 6.54 Å². The third-order valence-corrected chi connectivity index (χ3v) is 6.16. The molecule has 2 unspecified atom stereocenters. The SMILES string of the molecule is CC(C1CC1)N(CC(=O)NCC1CCN(c2ccccc2)C1)C1CC1. The first kappa shape index (κ1) is 16.9. The molecule has 3 fully saturated rings. The van der Waals surface area contributed by atoms with E-state index in [9.17, 15) is 4.79 Å². The second-order valence-corrected chi connectivity index (χ2v) is 8.22. The molecule has 1 aromatic rings. The van der Waals surface area contributed by atoms with E-state index < -0.39 is 0 Å². The fourth-order valence-corrected chi connectivity index (χ4v) is 4.21. The zero-order chi connectivity index (χ0) is 17.2. The van der Waals surface area contributed by atoms with Gasteiger partial charge in [0, 0.05) is 37.4 Å². The van der Waals surface area contributed by atoms with Crippen LogP contribution in [0.2, 0.25) is 0 Å². The number of rotatable bonds is 8. The first-order valence-corrected chi connectivity index (χ1v) is 10.0. The van der Waals surface area contributed by atoms with Crippen LogP contribution in [-0.2, 0) is 4.79 Å². The van der Waals surface area contributed by atoms with Gasteiger partial charge in [-0.2, -0.15) is 0 Å². The van der Waals surface area contributed by atoms with E-state index in [1.165, 1.54) is 37.8 Å². The zero-order valence-corrected chi connectivity index (χ0v) is 15.4. The van der Waals surface area contributed by atoms with Gasteiger partial charge in [0.1, 0.15) is 0 Å². The molecule has 2 atom stereocenters. The molecule has 1 heterocycles. The minimum absolute atomic E-state index is 0.220. The van der Waals surface area contributed by atoms with Crippen LogP contribution in [0, 0.1) is 11.8 Å². The smallest absolute Gasteiger partial charge is 0.234 e. The second-order valence-electron chi connectivity index (χ2n) is 8.22. The summed E-state index contributed by atoms with van der Waals surface area (Å²) >= 11 is 0. The standard InChI is InChI=1S/C21H31N3O/c1-16(18-7-8-18)24(20-9-10-20)15-21(25)22-13-17-11-12-23(14-17)19-5-3-2-4-6-19/h2-6,16-18,20H,7-15H2,1H3,(H,22,25). The first-order chi connectivity index (χ1) is 12.2. The topological polar surface area (TPSA) is 35.6 Å². The number of anilines is 1.